The summed E-state index contributed by atoms with van der Waals surface area (Å²) >= 11 is 0. The molecule has 4 heteroatoms. The van der Waals surface area contributed by atoms with Crippen LogP contribution in [-0.2, 0) is 15.1 Å². The Balaban J connectivity index is 2.46. The molecule has 1 atom stereocenters. The van der Waals surface area contributed by atoms with Crippen molar-refractivity contribution in [3.63, 3.8) is 0 Å². The first-order chi connectivity index (χ1) is 8.96. The summed E-state index contributed by atoms with van der Waals surface area (Å²) in [5.74, 6) is 0.177. The predicted molar refractivity (Wildman–Crippen MR) is 73.4 cm³/mol. The lowest BCUT2D eigenvalue weighted by Gasteiger charge is -2.44. The lowest BCUT2D eigenvalue weighted by atomic mass is 9.86. The van der Waals surface area contributed by atoms with Crippen LogP contribution in [-0.4, -0.2) is 29.8 Å². The van der Waals surface area contributed by atoms with Crippen LogP contribution in [0.4, 0.5) is 0 Å². The molecule has 0 aliphatic carbocycles. The summed E-state index contributed by atoms with van der Waals surface area (Å²) in [5.41, 5.74) is -0.0675. The Kier molecular flexibility index (Phi) is 3.60. The van der Waals surface area contributed by atoms with E-state index >= 15 is 0 Å². The van der Waals surface area contributed by atoms with Crippen LogP contribution in [0.1, 0.15) is 26.3 Å². The van der Waals surface area contributed by atoms with Gasteiger partial charge < -0.3 is 10.2 Å². The number of benzene rings is 1. The number of hydrogen-bond donors (Lipinski definition) is 1. The van der Waals surface area contributed by atoms with Gasteiger partial charge in [-0.2, -0.15) is 0 Å². The van der Waals surface area contributed by atoms with Crippen molar-refractivity contribution in [3.05, 3.63) is 35.9 Å². The molecular weight excluding hydrogens is 240 g/mol. The average molecular weight is 260 g/mol. The Morgan fingerprint density at radius 2 is 1.89 bits per heavy atom. The lowest BCUT2D eigenvalue weighted by Crippen LogP contribution is -2.64. The third-order valence-electron chi connectivity index (χ3n) is 3.57. The number of amides is 2. The molecule has 1 heterocycles. The van der Waals surface area contributed by atoms with Crippen molar-refractivity contribution < 1.29 is 9.59 Å². The average Bonchev–Trinajstić information content (AvgIpc) is 2.40. The number of hydrogen-bond acceptors (Lipinski definition) is 2. The van der Waals surface area contributed by atoms with E-state index in [1.165, 1.54) is 0 Å². The first kappa shape index (κ1) is 13.6. The minimum absolute atomic E-state index is 0.0281. The zero-order valence-corrected chi connectivity index (χ0v) is 11.6. The first-order valence-electron chi connectivity index (χ1n) is 6.60. The van der Waals surface area contributed by atoms with E-state index in [9.17, 15) is 9.59 Å². The van der Waals surface area contributed by atoms with Crippen LogP contribution in [0.3, 0.4) is 0 Å². The number of carbonyl (C=O) groups is 2. The van der Waals surface area contributed by atoms with E-state index in [0.717, 1.165) is 5.56 Å². The van der Waals surface area contributed by atoms with Crippen LogP contribution in [0.2, 0.25) is 0 Å². The van der Waals surface area contributed by atoms with Crippen molar-refractivity contribution in [2.24, 2.45) is 5.92 Å². The third-order valence-corrected chi connectivity index (χ3v) is 3.57. The molecule has 1 N–H and O–H groups in total. The lowest BCUT2D eigenvalue weighted by molar-refractivity contribution is -0.154. The molecule has 0 radical (unpaired) electrons. The zero-order valence-electron chi connectivity index (χ0n) is 11.6. The van der Waals surface area contributed by atoms with Gasteiger partial charge in [-0.15, -0.1) is 0 Å². The molecule has 0 bridgehead atoms. The second-order valence-corrected chi connectivity index (χ2v) is 5.52. The number of carbonyl (C=O) groups excluding carboxylic acids is 2. The molecule has 1 aliphatic rings. The van der Waals surface area contributed by atoms with Gasteiger partial charge in [0.2, 0.25) is 5.91 Å². The van der Waals surface area contributed by atoms with E-state index in [-0.39, 0.29) is 18.4 Å². The Bertz CT molecular complexity index is 484. The van der Waals surface area contributed by atoms with Gasteiger partial charge in [-0.05, 0) is 18.4 Å². The Labute approximate surface area is 113 Å². The summed E-state index contributed by atoms with van der Waals surface area (Å²) in [7, 11) is 0. The van der Waals surface area contributed by atoms with Crippen molar-refractivity contribution >= 4 is 11.8 Å². The van der Waals surface area contributed by atoms with Crippen LogP contribution < -0.4 is 5.32 Å². The SMILES string of the molecule is CC(C)CN1C(=O)CNC(=O)C1(C)c1ccccc1. The number of nitrogens with one attached hydrogen (secondary N) is 1. The molecule has 2 amide bonds. The fraction of sp³-hybridized carbons (Fsp3) is 0.467. The molecule has 1 unspecified atom stereocenters. The van der Waals surface area contributed by atoms with Gasteiger partial charge in [0.05, 0.1) is 6.54 Å². The topological polar surface area (TPSA) is 49.4 Å². The summed E-state index contributed by atoms with van der Waals surface area (Å²) in [5, 5.41) is 2.69. The molecule has 19 heavy (non-hydrogen) atoms. The highest BCUT2D eigenvalue weighted by molar-refractivity contribution is 5.98. The van der Waals surface area contributed by atoms with E-state index in [1.54, 1.807) is 4.90 Å². The summed E-state index contributed by atoms with van der Waals surface area (Å²) in [6.07, 6.45) is 0. The first-order valence-corrected chi connectivity index (χ1v) is 6.60. The molecule has 1 aromatic carbocycles. The summed E-state index contributed by atoms with van der Waals surface area (Å²) < 4.78 is 0. The molecule has 4 nitrogen and oxygen atoms in total. The fourth-order valence-corrected chi connectivity index (χ4v) is 2.49. The highest BCUT2D eigenvalue weighted by atomic mass is 16.2. The van der Waals surface area contributed by atoms with Crippen LogP contribution in [0.5, 0.6) is 0 Å². The maximum absolute atomic E-state index is 12.3. The minimum Gasteiger partial charge on any atom is -0.345 e. The standard InChI is InChI=1S/C15H20N2O2/c1-11(2)10-17-13(18)9-16-14(19)15(17,3)12-7-5-4-6-8-12/h4-8,11H,9-10H2,1-3H3,(H,16,19). The monoisotopic (exact) mass is 260 g/mol. The molecule has 1 aromatic rings. The van der Waals surface area contributed by atoms with Crippen molar-refractivity contribution in [3.8, 4) is 0 Å². The molecule has 0 saturated carbocycles. The number of nitrogens with zero attached hydrogens (tertiary/aromatic N) is 1. The van der Waals surface area contributed by atoms with Gasteiger partial charge in [0.25, 0.3) is 5.91 Å². The van der Waals surface area contributed by atoms with E-state index in [1.807, 2.05) is 51.1 Å². The highest BCUT2D eigenvalue weighted by Gasteiger charge is 2.46. The van der Waals surface area contributed by atoms with Gasteiger partial charge in [-0.25, -0.2) is 0 Å². The zero-order chi connectivity index (χ0) is 14.0. The van der Waals surface area contributed by atoms with Crippen molar-refractivity contribution in [2.75, 3.05) is 13.1 Å². The van der Waals surface area contributed by atoms with Gasteiger partial charge in [0, 0.05) is 6.54 Å². The van der Waals surface area contributed by atoms with Crippen LogP contribution in [0, 0.1) is 5.92 Å². The third kappa shape index (κ3) is 2.35. The Hall–Kier alpha value is -1.84. The second kappa shape index (κ2) is 5.03. The van der Waals surface area contributed by atoms with Crippen LogP contribution in [0.15, 0.2) is 30.3 Å². The van der Waals surface area contributed by atoms with E-state index in [0.29, 0.717) is 12.5 Å². The van der Waals surface area contributed by atoms with Gasteiger partial charge in [-0.1, -0.05) is 44.2 Å². The summed E-state index contributed by atoms with van der Waals surface area (Å²) in [6, 6.07) is 9.47. The molecule has 102 valence electrons. The fourth-order valence-electron chi connectivity index (χ4n) is 2.49. The summed E-state index contributed by atoms with van der Waals surface area (Å²) in [6.45, 7) is 6.58. The predicted octanol–water partition coefficient (Wildman–Crippen LogP) is 1.52. The number of piperazine rings is 1. The quantitative estimate of drug-likeness (QED) is 0.895. The minimum atomic E-state index is -0.916. The van der Waals surface area contributed by atoms with Crippen molar-refractivity contribution in [2.45, 2.75) is 26.3 Å². The molecule has 1 saturated heterocycles. The molecule has 2 rings (SSSR count). The number of rotatable bonds is 3. The molecule has 1 aliphatic heterocycles. The normalized spacial score (nSPS) is 23.7. The molecule has 0 spiro atoms. The second-order valence-electron chi connectivity index (χ2n) is 5.52. The van der Waals surface area contributed by atoms with E-state index < -0.39 is 5.54 Å². The molecule has 0 aromatic heterocycles. The summed E-state index contributed by atoms with van der Waals surface area (Å²) in [4.78, 5) is 26.2. The van der Waals surface area contributed by atoms with Crippen LogP contribution in [0.25, 0.3) is 0 Å². The van der Waals surface area contributed by atoms with Gasteiger partial charge in [0.15, 0.2) is 0 Å². The van der Waals surface area contributed by atoms with E-state index in [2.05, 4.69) is 5.32 Å². The van der Waals surface area contributed by atoms with Gasteiger partial charge >= 0.3 is 0 Å². The van der Waals surface area contributed by atoms with Crippen LogP contribution >= 0.6 is 0 Å². The molecular formula is C15H20N2O2. The maximum Gasteiger partial charge on any atom is 0.250 e. The Morgan fingerprint density at radius 3 is 2.47 bits per heavy atom. The van der Waals surface area contributed by atoms with Crippen molar-refractivity contribution in [1.29, 1.82) is 0 Å². The maximum atomic E-state index is 12.3. The van der Waals surface area contributed by atoms with Crippen molar-refractivity contribution in [1.82, 2.24) is 10.2 Å². The smallest absolute Gasteiger partial charge is 0.250 e. The largest absolute Gasteiger partial charge is 0.345 e. The van der Waals surface area contributed by atoms with Gasteiger partial charge in [-0.3, -0.25) is 9.59 Å². The van der Waals surface area contributed by atoms with E-state index in [4.69, 9.17) is 0 Å². The highest BCUT2D eigenvalue weighted by Crippen LogP contribution is 2.31. The van der Waals surface area contributed by atoms with Gasteiger partial charge in [0.1, 0.15) is 5.54 Å². The Morgan fingerprint density at radius 1 is 1.26 bits per heavy atom. The molecule has 1 fully saturated rings.